The fourth-order valence-electron chi connectivity index (χ4n) is 1.94. The van der Waals surface area contributed by atoms with Gasteiger partial charge in [-0.3, -0.25) is 0 Å². The third kappa shape index (κ3) is 2.72. The molecule has 0 aromatic heterocycles. The van der Waals surface area contributed by atoms with Crippen molar-refractivity contribution in [2.45, 2.75) is 32.1 Å². The van der Waals surface area contributed by atoms with E-state index < -0.39 is 0 Å². The van der Waals surface area contributed by atoms with Gasteiger partial charge in [-0.25, -0.2) is 4.79 Å². The Kier molecular flexibility index (Phi) is 3.93. The summed E-state index contributed by atoms with van der Waals surface area (Å²) in [6.07, 6.45) is 9.02. The van der Waals surface area contributed by atoms with Crippen LogP contribution in [0.4, 0.5) is 0 Å². The van der Waals surface area contributed by atoms with E-state index in [4.69, 9.17) is 4.74 Å². The molecule has 1 rings (SSSR count). The zero-order valence-electron chi connectivity index (χ0n) is 8.63. The molecule has 0 aromatic carbocycles. The minimum atomic E-state index is -0.336. The van der Waals surface area contributed by atoms with Gasteiger partial charge in [0.15, 0.2) is 0 Å². The minimum Gasteiger partial charge on any atom is -0.462 e. The first-order valence-electron chi connectivity index (χ1n) is 5.15. The van der Waals surface area contributed by atoms with Crippen LogP contribution < -0.4 is 0 Å². The standard InChI is InChI=1S/C12H18O2/c1-3-11(13)14-10-12(4-2)8-6-5-7-9-12/h3-4H,1-2,5-10H2. The topological polar surface area (TPSA) is 26.3 Å². The average Bonchev–Trinajstić information content (AvgIpc) is 2.27. The highest BCUT2D eigenvalue weighted by Crippen LogP contribution is 2.37. The second-order valence-electron chi connectivity index (χ2n) is 3.94. The molecule has 0 radical (unpaired) electrons. The number of esters is 1. The van der Waals surface area contributed by atoms with Crippen molar-refractivity contribution >= 4 is 5.97 Å². The van der Waals surface area contributed by atoms with Gasteiger partial charge >= 0.3 is 5.97 Å². The lowest BCUT2D eigenvalue weighted by Gasteiger charge is -2.33. The van der Waals surface area contributed by atoms with E-state index in [1.165, 1.54) is 25.3 Å². The first-order valence-corrected chi connectivity index (χ1v) is 5.15. The lowest BCUT2D eigenvalue weighted by molar-refractivity contribution is -0.140. The number of hydrogen-bond acceptors (Lipinski definition) is 2. The van der Waals surface area contributed by atoms with Gasteiger partial charge in [0, 0.05) is 11.5 Å². The Labute approximate surface area is 85.6 Å². The van der Waals surface area contributed by atoms with Gasteiger partial charge in [-0.1, -0.05) is 31.9 Å². The summed E-state index contributed by atoms with van der Waals surface area (Å²) in [5, 5.41) is 0. The molecule has 2 nitrogen and oxygen atoms in total. The van der Waals surface area contributed by atoms with Crippen LogP contribution in [0.15, 0.2) is 25.3 Å². The first-order chi connectivity index (χ1) is 6.72. The van der Waals surface area contributed by atoms with Gasteiger partial charge in [0.1, 0.15) is 6.61 Å². The summed E-state index contributed by atoms with van der Waals surface area (Å²) < 4.78 is 5.10. The molecule has 1 aliphatic rings. The summed E-state index contributed by atoms with van der Waals surface area (Å²) in [6.45, 7) is 7.68. The maximum atomic E-state index is 10.9. The van der Waals surface area contributed by atoms with Crippen molar-refractivity contribution in [1.29, 1.82) is 0 Å². The molecule has 0 aromatic rings. The lowest BCUT2D eigenvalue weighted by atomic mass is 9.75. The summed E-state index contributed by atoms with van der Waals surface area (Å²) in [4.78, 5) is 10.9. The van der Waals surface area contributed by atoms with Gasteiger partial charge in [-0.05, 0) is 12.8 Å². The van der Waals surface area contributed by atoms with Crippen LogP contribution in [0.5, 0.6) is 0 Å². The SMILES string of the molecule is C=CC(=O)OCC1(C=C)CCCCC1. The summed E-state index contributed by atoms with van der Waals surface area (Å²) in [5.74, 6) is -0.336. The van der Waals surface area contributed by atoms with Crippen LogP contribution in [-0.2, 0) is 9.53 Å². The van der Waals surface area contributed by atoms with Crippen LogP contribution in [0, 0.1) is 5.41 Å². The highest BCUT2D eigenvalue weighted by molar-refractivity contribution is 5.81. The van der Waals surface area contributed by atoms with E-state index in [9.17, 15) is 4.79 Å². The summed E-state index contributed by atoms with van der Waals surface area (Å²) in [7, 11) is 0. The molecule has 1 fully saturated rings. The third-order valence-electron chi connectivity index (χ3n) is 2.95. The molecule has 1 aliphatic carbocycles. The van der Waals surface area contributed by atoms with Crippen LogP contribution >= 0.6 is 0 Å². The van der Waals surface area contributed by atoms with E-state index in [1.54, 1.807) is 0 Å². The van der Waals surface area contributed by atoms with E-state index in [2.05, 4.69) is 13.2 Å². The van der Waals surface area contributed by atoms with E-state index in [1.807, 2.05) is 6.08 Å². The first kappa shape index (κ1) is 11.0. The fraction of sp³-hybridized carbons (Fsp3) is 0.583. The van der Waals surface area contributed by atoms with E-state index in [0.29, 0.717) is 6.61 Å². The molecule has 1 saturated carbocycles. The normalized spacial score (nSPS) is 19.7. The van der Waals surface area contributed by atoms with Gasteiger partial charge in [0.25, 0.3) is 0 Å². The molecule has 0 bridgehead atoms. The molecular weight excluding hydrogens is 176 g/mol. The largest absolute Gasteiger partial charge is 0.462 e. The smallest absolute Gasteiger partial charge is 0.330 e. The average molecular weight is 194 g/mol. The zero-order chi connectivity index (χ0) is 10.4. The highest BCUT2D eigenvalue weighted by Gasteiger charge is 2.29. The summed E-state index contributed by atoms with van der Waals surface area (Å²) in [6, 6.07) is 0. The predicted molar refractivity (Wildman–Crippen MR) is 56.9 cm³/mol. The maximum absolute atomic E-state index is 10.9. The number of rotatable bonds is 4. The van der Waals surface area contributed by atoms with Crippen LogP contribution in [0.2, 0.25) is 0 Å². The Morgan fingerprint density at radius 2 is 1.93 bits per heavy atom. The van der Waals surface area contributed by atoms with Crippen molar-refractivity contribution in [3.05, 3.63) is 25.3 Å². The molecule has 0 saturated heterocycles. The fourth-order valence-corrected chi connectivity index (χ4v) is 1.94. The molecule has 0 heterocycles. The number of ether oxygens (including phenoxy) is 1. The molecule has 0 unspecified atom stereocenters. The van der Waals surface area contributed by atoms with Crippen molar-refractivity contribution in [2.24, 2.45) is 5.41 Å². The van der Waals surface area contributed by atoms with Crippen molar-refractivity contribution in [3.63, 3.8) is 0 Å². The second-order valence-corrected chi connectivity index (χ2v) is 3.94. The van der Waals surface area contributed by atoms with Crippen LogP contribution in [0.3, 0.4) is 0 Å². The zero-order valence-corrected chi connectivity index (χ0v) is 8.63. The Bertz CT molecular complexity index is 224. The molecule has 0 amide bonds. The number of hydrogen-bond donors (Lipinski definition) is 0. The van der Waals surface area contributed by atoms with E-state index in [-0.39, 0.29) is 11.4 Å². The molecular formula is C12H18O2. The van der Waals surface area contributed by atoms with Gasteiger partial charge in [0.2, 0.25) is 0 Å². The Hall–Kier alpha value is -1.05. The number of carbonyl (C=O) groups excluding carboxylic acids is 1. The molecule has 2 heteroatoms. The molecule has 0 aliphatic heterocycles. The minimum absolute atomic E-state index is 0.0247. The Balaban J connectivity index is 2.47. The van der Waals surface area contributed by atoms with Crippen molar-refractivity contribution in [1.82, 2.24) is 0 Å². The second kappa shape index (κ2) is 4.99. The van der Waals surface area contributed by atoms with E-state index in [0.717, 1.165) is 12.8 Å². The van der Waals surface area contributed by atoms with Crippen LogP contribution in [-0.4, -0.2) is 12.6 Å². The van der Waals surface area contributed by atoms with Crippen molar-refractivity contribution in [3.8, 4) is 0 Å². The lowest BCUT2D eigenvalue weighted by Crippen LogP contribution is -2.28. The van der Waals surface area contributed by atoms with Gasteiger partial charge in [-0.2, -0.15) is 0 Å². The van der Waals surface area contributed by atoms with Crippen LogP contribution in [0.25, 0.3) is 0 Å². The van der Waals surface area contributed by atoms with Crippen molar-refractivity contribution in [2.75, 3.05) is 6.61 Å². The molecule has 0 N–H and O–H groups in total. The summed E-state index contributed by atoms with van der Waals surface area (Å²) in [5.41, 5.74) is 0.0247. The quantitative estimate of drug-likeness (QED) is 0.391. The molecule has 78 valence electrons. The highest BCUT2D eigenvalue weighted by atomic mass is 16.5. The maximum Gasteiger partial charge on any atom is 0.330 e. The van der Waals surface area contributed by atoms with E-state index >= 15 is 0 Å². The molecule has 14 heavy (non-hydrogen) atoms. The van der Waals surface area contributed by atoms with Crippen molar-refractivity contribution < 1.29 is 9.53 Å². The van der Waals surface area contributed by atoms with Gasteiger partial charge in [0.05, 0.1) is 0 Å². The Morgan fingerprint density at radius 3 is 2.43 bits per heavy atom. The molecule has 0 atom stereocenters. The van der Waals surface area contributed by atoms with Gasteiger partial charge < -0.3 is 4.74 Å². The van der Waals surface area contributed by atoms with Gasteiger partial charge in [-0.15, -0.1) is 6.58 Å². The predicted octanol–water partition coefficient (Wildman–Crippen LogP) is 2.85. The molecule has 0 spiro atoms. The Morgan fingerprint density at radius 1 is 1.29 bits per heavy atom. The van der Waals surface area contributed by atoms with Crippen LogP contribution in [0.1, 0.15) is 32.1 Å². The summed E-state index contributed by atoms with van der Waals surface area (Å²) >= 11 is 0. The number of carbonyl (C=O) groups is 1. The monoisotopic (exact) mass is 194 g/mol. The third-order valence-corrected chi connectivity index (χ3v) is 2.95.